The Balaban J connectivity index is 1.36. The van der Waals surface area contributed by atoms with Gasteiger partial charge in [-0.2, -0.15) is 0 Å². The van der Waals surface area contributed by atoms with Gasteiger partial charge in [0.15, 0.2) is 0 Å². The summed E-state index contributed by atoms with van der Waals surface area (Å²) in [5.41, 5.74) is 3.04. The molecule has 5 aliphatic carbocycles. The number of hydrogen-bond acceptors (Lipinski definition) is 1. The third kappa shape index (κ3) is 1.79. The quantitative estimate of drug-likeness (QED) is 0.796. The van der Waals surface area contributed by atoms with Crippen LogP contribution in [0.4, 0.5) is 0 Å². The number of fused-ring (bicyclic) bond motifs is 1. The lowest BCUT2D eigenvalue weighted by Crippen LogP contribution is -2.50. The van der Waals surface area contributed by atoms with Crippen molar-refractivity contribution in [3.05, 3.63) is 35.4 Å². The first-order chi connectivity index (χ1) is 10.2. The van der Waals surface area contributed by atoms with Crippen molar-refractivity contribution >= 4 is 5.78 Å². The highest BCUT2D eigenvalue weighted by molar-refractivity contribution is 5.86. The monoisotopic (exact) mass is 280 g/mol. The van der Waals surface area contributed by atoms with Crippen LogP contribution in [0.2, 0.25) is 0 Å². The third-order valence-corrected chi connectivity index (χ3v) is 7.02. The maximum Gasteiger partial charge on any atom is 0.139 e. The summed E-state index contributed by atoms with van der Waals surface area (Å²) < 4.78 is 0. The standard InChI is InChI=1S/C20H24O/c21-19(9-17-8-16-3-1-2-4-18(16)17)20-10-13-5-14(11-20)7-15(6-13)12-20/h1-4,13-15,17H,5-12H2. The number of rotatable bonds is 3. The highest BCUT2D eigenvalue weighted by Gasteiger charge is 2.54. The van der Waals surface area contributed by atoms with Crippen molar-refractivity contribution in [3.63, 3.8) is 0 Å². The average Bonchev–Trinajstić information content (AvgIpc) is 2.43. The van der Waals surface area contributed by atoms with Gasteiger partial charge in [0.25, 0.3) is 0 Å². The summed E-state index contributed by atoms with van der Waals surface area (Å²) in [5, 5.41) is 0. The fourth-order valence-electron chi connectivity index (χ4n) is 6.44. The Morgan fingerprint density at radius 2 is 1.62 bits per heavy atom. The first kappa shape index (κ1) is 12.4. The lowest BCUT2D eigenvalue weighted by Gasteiger charge is -2.56. The minimum atomic E-state index is 0.110. The number of benzene rings is 1. The van der Waals surface area contributed by atoms with E-state index in [4.69, 9.17) is 0 Å². The fraction of sp³-hybridized carbons (Fsp3) is 0.650. The van der Waals surface area contributed by atoms with Gasteiger partial charge in [0.05, 0.1) is 0 Å². The third-order valence-electron chi connectivity index (χ3n) is 7.02. The predicted octanol–water partition coefficient (Wildman–Crippen LogP) is 4.50. The van der Waals surface area contributed by atoms with Gasteiger partial charge in [-0.05, 0) is 79.7 Å². The smallest absolute Gasteiger partial charge is 0.139 e. The predicted molar refractivity (Wildman–Crippen MR) is 83.1 cm³/mol. The number of carbonyl (C=O) groups is 1. The van der Waals surface area contributed by atoms with Crippen molar-refractivity contribution in [3.8, 4) is 0 Å². The molecule has 110 valence electrons. The molecule has 6 rings (SSSR count). The molecule has 1 atom stereocenters. The number of hydrogen-bond donors (Lipinski definition) is 0. The molecule has 5 aliphatic rings. The normalized spacial score (nSPS) is 42.5. The zero-order valence-corrected chi connectivity index (χ0v) is 12.7. The molecule has 1 aromatic rings. The van der Waals surface area contributed by atoms with E-state index in [0.717, 1.165) is 30.6 Å². The van der Waals surface area contributed by atoms with E-state index in [9.17, 15) is 4.79 Å². The zero-order valence-electron chi connectivity index (χ0n) is 12.7. The minimum absolute atomic E-state index is 0.110. The molecule has 1 nitrogen and oxygen atoms in total. The second-order valence-corrected chi connectivity index (χ2v) is 8.43. The number of Topliss-reactive ketones (excluding diaryl/α,β-unsaturated/α-hetero) is 1. The zero-order chi connectivity index (χ0) is 14.0. The summed E-state index contributed by atoms with van der Waals surface area (Å²) in [6.07, 6.45) is 9.93. The molecule has 0 spiro atoms. The SMILES string of the molecule is O=C(CC1Cc2ccccc21)C12CC3CC(CC(C3)C1)C2. The van der Waals surface area contributed by atoms with Gasteiger partial charge >= 0.3 is 0 Å². The van der Waals surface area contributed by atoms with E-state index in [1.54, 1.807) is 0 Å². The van der Waals surface area contributed by atoms with Gasteiger partial charge in [-0.1, -0.05) is 24.3 Å². The molecule has 1 unspecified atom stereocenters. The van der Waals surface area contributed by atoms with Crippen molar-refractivity contribution in [2.75, 3.05) is 0 Å². The maximum absolute atomic E-state index is 13.1. The van der Waals surface area contributed by atoms with E-state index in [2.05, 4.69) is 24.3 Å². The maximum atomic E-state index is 13.1. The summed E-state index contributed by atoms with van der Waals surface area (Å²) >= 11 is 0. The van der Waals surface area contributed by atoms with Gasteiger partial charge in [-0.3, -0.25) is 4.79 Å². The van der Waals surface area contributed by atoms with E-state index in [1.165, 1.54) is 49.7 Å². The highest BCUT2D eigenvalue weighted by Crippen LogP contribution is 2.61. The summed E-state index contributed by atoms with van der Waals surface area (Å²) in [6, 6.07) is 8.70. The van der Waals surface area contributed by atoms with Crippen LogP contribution in [0.1, 0.15) is 62.0 Å². The van der Waals surface area contributed by atoms with Gasteiger partial charge in [0, 0.05) is 11.8 Å². The molecular formula is C20H24O. The molecular weight excluding hydrogens is 256 g/mol. The Morgan fingerprint density at radius 3 is 2.24 bits per heavy atom. The molecule has 0 saturated heterocycles. The van der Waals surface area contributed by atoms with Gasteiger partial charge in [-0.25, -0.2) is 0 Å². The van der Waals surface area contributed by atoms with E-state index in [-0.39, 0.29) is 5.41 Å². The van der Waals surface area contributed by atoms with Crippen LogP contribution in [0.5, 0.6) is 0 Å². The molecule has 0 aliphatic heterocycles. The number of carbonyl (C=O) groups excluding carboxylic acids is 1. The van der Waals surface area contributed by atoms with E-state index in [1.807, 2.05) is 0 Å². The van der Waals surface area contributed by atoms with Gasteiger partial charge in [0.1, 0.15) is 5.78 Å². The Morgan fingerprint density at radius 1 is 1.00 bits per heavy atom. The molecule has 0 radical (unpaired) electrons. The summed E-state index contributed by atoms with van der Waals surface area (Å²) in [6.45, 7) is 0. The van der Waals surface area contributed by atoms with Crippen LogP contribution in [-0.2, 0) is 11.2 Å². The summed E-state index contributed by atoms with van der Waals surface area (Å²) in [7, 11) is 0. The van der Waals surface area contributed by atoms with Gasteiger partial charge < -0.3 is 0 Å². The Kier molecular flexibility index (Phi) is 2.49. The summed E-state index contributed by atoms with van der Waals surface area (Å²) in [4.78, 5) is 13.1. The highest BCUT2D eigenvalue weighted by atomic mass is 16.1. The van der Waals surface area contributed by atoms with Crippen LogP contribution in [0.3, 0.4) is 0 Å². The first-order valence-corrected chi connectivity index (χ1v) is 8.83. The van der Waals surface area contributed by atoms with Crippen LogP contribution >= 0.6 is 0 Å². The second kappa shape index (κ2) is 4.21. The van der Waals surface area contributed by atoms with E-state index >= 15 is 0 Å². The molecule has 4 saturated carbocycles. The van der Waals surface area contributed by atoms with Gasteiger partial charge in [-0.15, -0.1) is 0 Å². The van der Waals surface area contributed by atoms with E-state index < -0.39 is 0 Å². The molecule has 0 heterocycles. The van der Waals surface area contributed by atoms with Crippen LogP contribution in [0, 0.1) is 23.2 Å². The topological polar surface area (TPSA) is 17.1 Å². The molecule has 0 amide bonds. The molecule has 1 heteroatoms. The Hall–Kier alpha value is -1.11. The molecule has 1 aromatic carbocycles. The average molecular weight is 280 g/mol. The lowest BCUT2D eigenvalue weighted by molar-refractivity contribution is -0.144. The van der Waals surface area contributed by atoms with Crippen LogP contribution in [0.25, 0.3) is 0 Å². The van der Waals surface area contributed by atoms with Crippen LogP contribution in [0.15, 0.2) is 24.3 Å². The molecule has 4 fully saturated rings. The van der Waals surface area contributed by atoms with Crippen molar-refractivity contribution in [2.24, 2.45) is 23.2 Å². The number of ketones is 1. The minimum Gasteiger partial charge on any atom is -0.299 e. The molecule has 4 bridgehead atoms. The molecule has 0 N–H and O–H groups in total. The largest absolute Gasteiger partial charge is 0.299 e. The van der Waals surface area contributed by atoms with Crippen LogP contribution < -0.4 is 0 Å². The van der Waals surface area contributed by atoms with Crippen molar-refractivity contribution in [1.29, 1.82) is 0 Å². The Labute approximate surface area is 127 Å². The molecule has 21 heavy (non-hydrogen) atoms. The van der Waals surface area contributed by atoms with Crippen molar-refractivity contribution in [2.45, 2.75) is 57.3 Å². The summed E-state index contributed by atoms with van der Waals surface area (Å²) in [5.74, 6) is 3.81. The van der Waals surface area contributed by atoms with Gasteiger partial charge in [0.2, 0.25) is 0 Å². The Bertz CT molecular complexity index is 564. The van der Waals surface area contributed by atoms with Crippen molar-refractivity contribution in [1.82, 2.24) is 0 Å². The lowest BCUT2D eigenvalue weighted by atomic mass is 9.48. The second-order valence-electron chi connectivity index (χ2n) is 8.43. The molecule has 0 aromatic heterocycles. The van der Waals surface area contributed by atoms with Crippen LogP contribution in [-0.4, -0.2) is 5.78 Å². The van der Waals surface area contributed by atoms with E-state index in [0.29, 0.717) is 11.7 Å². The fourth-order valence-corrected chi connectivity index (χ4v) is 6.44. The van der Waals surface area contributed by atoms with Crippen molar-refractivity contribution < 1.29 is 4.79 Å². The first-order valence-electron chi connectivity index (χ1n) is 8.83.